The van der Waals surface area contributed by atoms with Crippen molar-refractivity contribution in [3.05, 3.63) is 22.4 Å². The fraction of sp³-hybridized carbons (Fsp3) is 0.684. The van der Waals surface area contributed by atoms with E-state index in [1.54, 1.807) is 23.3 Å². The molecular formula is C19H24N2O2S. The second kappa shape index (κ2) is 4.84. The molecule has 0 aromatic carbocycles. The zero-order chi connectivity index (χ0) is 16.5. The summed E-state index contributed by atoms with van der Waals surface area (Å²) in [5, 5.41) is 8.32. The van der Waals surface area contributed by atoms with Crippen LogP contribution in [0.15, 0.2) is 22.6 Å². The average molecular weight is 344 g/mol. The van der Waals surface area contributed by atoms with Crippen molar-refractivity contribution in [3.8, 4) is 0 Å². The van der Waals surface area contributed by atoms with E-state index in [0.29, 0.717) is 5.90 Å². The molecule has 1 aromatic rings. The zero-order valence-corrected chi connectivity index (χ0v) is 15.1. The van der Waals surface area contributed by atoms with Gasteiger partial charge in [0.15, 0.2) is 0 Å². The van der Waals surface area contributed by atoms with Crippen molar-refractivity contribution in [2.24, 2.45) is 28.3 Å². The number of hydrogen-bond acceptors (Lipinski definition) is 4. The van der Waals surface area contributed by atoms with Gasteiger partial charge in [-0.25, -0.2) is 0 Å². The highest BCUT2D eigenvalue weighted by molar-refractivity contribution is 7.12. The smallest absolute Gasteiger partial charge is 0.251 e. The highest BCUT2D eigenvalue weighted by Gasteiger charge is 2.65. The van der Waals surface area contributed by atoms with E-state index in [1.165, 1.54) is 38.5 Å². The first kappa shape index (κ1) is 14.9. The second-order valence-electron chi connectivity index (χ2n) is 8.50. The molecule has 0 radical (unpaired) electrons. The van der Waals surface area contributed by atoms with Crippen LogP contribution in [0.25, 0.3) is 0 Å². The largest absolute Gasteiger partial charge is 0.447 e. The maximum Gasteiger partial charge on any atom is 0.251 e. The van der Waals surface area contributed by atoms with Gasteiger partial charge in [-0.1, -0.05) is 6.07 Å². The van der Waals surface area contributed by atoms with Gasteiger partial charge < -0.3 is 4.74 Å². The van der Waals surface area contributed by atoms with Gasteiger partial charge in [-0.05, 0) is 74.6 Å². The van der Waals surface area contributed by atoms with Crippen molar-refractivity contribution in [3.63, 3.8) is 0 Å². The van der Waals surface area contributed by atoms with Gasteiger partial charge in [-0.15, -0.1) is 16.4 Å². The Balaban J connectivity index is 1.55. The third-order valence-electron chi connectivity index (χ3n) is 6.94. The Bertz CT molecular complexity index is 676. The Kier molecular flexibility index (Phi) is 3.01. The molecule has 128 valence electrons. The highest BCUT2D eigenvalue weighted by atomic mass is 32.1. The number of hydrazone groups is 1. The molecular weight excluding hydrogens is 320 g/mol. The Morgan fingerprint density at radius 1 is 1.25 bits per heavy atom. The quantitative estimate of drug-likeness (QED) is 0.806. The van der Waals surface area contributed by atoms with Crippen molar-refractivity contribution in [2.75, 3.05) is 0 Å². The van der Waals surface area contributed by atoms with E-state index >= 15 is 0 Å². The van der Waals surface area contributed by atoms with Crippen LogP contribution in [-0.2, 0) is 9.53 Å². The maximum absolute atomic E-state index is 12.4. The highest BCUT2D eigenvalue weighted by Crippen LogP contribution is 2.65. The summed E-state index contributed by atoms with van der Waals surface area (Å²) in [6, 6.07) is 4.03. The first-order valence-corrected chi connectivity index (χ1v) is 9.99. The molecule has 1 aromatic heterocycles. The van der Waals surface area contributed by atoms with E-state index in [9.17, 15) is 4.79 Å². The van der Waals surface area contributed by atoms with Gasteiger partial charge in [0.2, 0.25) is 11.6 Å². The molecule has 6 rings (SSSR count). The summed E-state index contributed by atoms with van der Waals surface area (Å²) in [6.07, 6.45) is 7.71. The summed E-state index contributed by atoms with van der Waals surface area (Å²) < 4.78 is 6.52. The third-order valence-corrected chi connectivity index (χ3v) is 7.80. The van der Waals surface area contributed by atoms with E-state index in [2.05, 4.69) is 12.0 Å². The number of carbonyl (C=O) groups excluding carboxylic acids is 1. The minimum Gasteiger partial charge on any atom is -0.447 e. The number of nitrogens with zero attached hydrogens (tertiary/aromatic N) is 2. The SMILES string of the molecule is CC(=O)N1N=C(c2cccs2)O[C@]1(C)C12CC3CC(CC(C3)C1)C2. The Labute approximate surface area is 146 Å². The molecule has 0 spiro atoms. The summed E-state index contributed by atoms with van der Waals surface area (Å²) in [5.41, 5.74) is -0.565. The molecule has 1 atom stereocenters. The minimum absolute atomic E-state index is 0.0141. The predicted molar refractivity (Wildman–Crippen MR) is 93.5 cm³/mol. The van der Waals surface area contributed by atoms with Gasteiger partial charge >= 0.3 is 0 Å². The monoisotopic (exact) mass is 344 g/mol. The number of hydrogen-bond donors (Lipinski definition) is 0. The summed E-state index contributed by atoms with van der Waals surface area (Å²) in [6.45, 7) is 3.73. The maximum atomic E-state index is 12.4. The van der Waals surface area contributed by atoms with Gasteiger partial charge in [0, 0.05) is 12.3 Å². The fourth-order valence-electron chi connectivity index (χ4n) is 6.32. The molecule has 0 unspecified atom stereocenters. The van der Waals surface area contributed by atoms with Crippen molar-refractivity contribution in [2.45, 2.75) is 58.1 Å². The molecule has 4 fully saturated rings. The lowest BCUT2D eigenvalue weighted by Gasteiger charge is -2.61. The first-order chi connectivity index (χ1) is 11.5. The van der Waals surface area contributed by atoms with Crippen LogP contribution in [0.3, 0.4) is 0 Å². The zero-order valence-electron chi connectivity index (χ0n) is 14.3. The Morgan fingerprint density at radius 2 is 1.88 bits per heavy atom. The van der Waals surface area contributed by atoms with Crippen LogP contribution in [-0.4, -0.2) is 22.5 Å². The molecule has 1 amide bonds. The summed E-state index contributed by atoms with van der Waals surface area (Å²) >= 11 is 1.62. The van der Waals surface area contributed by atoms with Crippen LogP contribution in [0.4, 0.5) is 0 Å². The second-order valence-corrected chi connectivity index (χ2v) is 9.44. The van der Waals surface area contributed by atoms with Gasteiger partial charge in [-0.2, -0.15) is 5.01 Å². The van der Waals surface area contributed by atoms with Crippen molar-refractivity contribution < 1.29 is 9.53 Å². The molecule has 0 N–H and O–H groups in total. The van der Waals surface area contributed by atoms with Crippen LogP contribution in [0.1, 0.15) is 57.2 Å². The molecule has 4 nitrogen and oxygen atoms in total. The van der Waals surface area contributed by atoms with Crippen LogP contribution in [0.5, 0.6) is 0 Å². The lowest BCUT2D eigenvalue weighted by molar-refractivity contribution is -0.216. The minimum atomic E-state index is -0.631. The predicted octanol–water partition coefficient (Wildman–Crippen LogP) is 4.22. The summed E-state index contributed by atoms with van der Waals surface area (Å²) in [7, 11) is 0. The van der Waals surface area contributed by atoms with E-state index in [0.717, 1.165) is 22.6 Å². The molecule has 2 heterocycles. The van der Waals surface area contributed by atoms with E-state index in [4.69, 9.17) is 4.74 Å². The standard InChI is InChI=1S/C19H24N2O2S/c1-12(22)21-18(2,23-17(20-21)16-4-3-5-24-16)19-9-13-6-14(10-19)8-15(7-13)11-19/h3-5,13-15H,6-11H2,1-2H3/t13?,14?,15?,18-,19?/m1/s1. The molecule has 5 aliphatic rings. The van der Waals surface area contributed by atoms with Crippen LogP contribution in [0, 0.1) is 23.2 Å². The molecule has 4 bridgehead atoms. The van der Waals surface area contributed by atoms with Crippen molar-refractivity contribution >= 4 is 23.1 Å². The van der Waals surface area contributed by atoms with Crippen LogP contribution >= 0.6 is 11.3 Å². The number of amides is 1. The van der Waals surface area contributed by atoms with Gasteiger partial charge in [0.25, 0.3) is 5.90 Å². The number of rotatable bonds is 2. The van der Waals surface area contributed by atoms with Crippen LogP contribution < -0.4 is 0 Å². The summed E-state index contributed by atoms with van der Waals surface area (Å²) in [5.74, 6) is 3.06. The van der Waals surface area contributed by atoms with Crippen LogP contribution in [0.2, 0.25) is 0 Å². The number of carbonyl (C=O) groups is 1. The van der Waals surface area contributed by atoms with E-state index in [1.807, 2.05) is 17.5 Å². The van der Waals surface area contributed by atoms with Crippen molar-refractivity contribution in [1.29, 1.82) is 0 Å². The first-order valence-electron chi connectivity index (χ1n) is 9.11. The van der Waals surface area contributed by atoms with Gasteiger partial charge in [0.1, 0.15) is 0 Å². The molecule has 4 aliphatic carbocycles. The molecule has 1 aliphatic heterocycles. The fourth-order valence-corrected chi connectivity index (χ4v) is 6.96. The van der Waals surface area contributed by atoms with E-state index in [-0.39, 0.29) is 11.3 Å². The number of ether oxygens (including phenoxy) is 1. The molecule has 24 heavy (non-hydrogen) atoms. The van der Waals surface area contributed by atoms with E-state index < -0.39 is 5.72 Å². The van der Waals surface area contributed by atoms with Crippen molar-refractivity contribution in [1.82, 2.24) is 5.01 Å². The third kappa shape index (κ3) is 1.91. The lowest BCUT2D eigenvalue weighted by Crippen LogP contribution is -2.63. The number of thiophene rings is 1. The molecule has 5 heteroatoms. The van der Waals surface area contributed by atoms with Gasteiger partial charge in [-0.3, -0.25) is 4.79 Å². The average Bonchev–Trinajstić information content (AvgIpc) is 3.13. The molecule has 4 saturated carbocycles. The molecule has 0 saturated heterocycles. The Morgan fingerprint density at radius 3 is 2.38 bits per heavy atom. The summed E-state index contributed by atoms with van der Waals surface area (Å²) in [4.78, 5) is 13.4. The topological polar surface area (TPSA) is 41.9 Å². The lowest BCUT2D eigenvalue weighted by atomic mass is 9.47. The normalized spacial score (nSPS) is 43.0. The Hall–Kier alpha value is -1.36. The van der Waals surface area contributed by atoms with Gasteiger partial charge in [0.05, 0.1) is 4.88 Å².